The van der Waals surface area contributed by atoms with Crippen molar-refractivity contribution in [3.05, 3.63) is 85.1 Å². The van der Waals surface area contributed by atoms with E-state index in [0.717, 1.165) is 16.5 Å². The van der Waals surface area contributed by atoms with Crippen molar-refractivity contribution < 1.29 is 18.7 Å². The molecule has 212 valence electrons. The number of fused-ring (bicyclic) bond motifs is 1. The summed E-state index contributed by atoms with van der Waals surface area (Å²) in [6, 6.07) is 15.5. The van der Waals surface area contributed by atoms with E-state index in [1.54, 1.807) is 26.1 Å². The molecule has 3 aromatic carbocycles. The number of carbonyl (C=O) groups is 1. The van der Waals surface area contributed by atoms with E-state index < -0.39 is 17.2 Å². The quantitative estimate of drug-likeness (QED) is 0.252. The monoisotopic (exact) mass is 558 g/mol. The van der Waals surface area contributed by atoms with Crippen molar-refractivity contribution in [3.8, 4) is 11.1 Å². The van der Waals surface area contributed by atoms with Crippen LogP contribution in [0.5, 0.6) is 0 Å². The predicted octanol–water partition coefficient (Wildman–Crippen LogP) is 5.34. The Kier molecular flexibility index (Phi) is 7.96. The van der Waals surface area contributed by atoms with Gasteiger partial charge in [-0.1, -0.05) is 36.9 Å². The number of amides is 1. The lowest BCUT2D eigenvalue weighted by atomic mass is 10.0. The van der Waals surface area contributed by atoms with Gasteiger partial charge in [-0.2, -0.15) is 0 Å². The number of benzene rings is 3. The normalized spacial score (nSPS) is 14.2. The number of nitrogens with one attached hydrogen (secondary N) is 2. The summed E-state index contributed by atoms with van der Waals surface area (Å²) in [5, 5.41) is 16.3. The fourth-order valence-electron chi connectivity index (χ4n) is 4.99. The van der Waals surface area contributed by atoms with Crippen LogP contribution in [0.3, 0.4) is 0 Å². The van der Waals surface area contributed by atoms with Crippen molar-refractivity contribution in [1.29, 1.82) is 0 Å². The zero-order valence-corrected chi connectivity index (χ0v) is 23.0. The highest BCUT2D eigenvalue weighted by Crippen LogP contribution is 2.32. The minimum atomic E-state index is -0.799. The predicted molar refractivity (Wildman–Crippen MR) is 158 cm³/mol. The first kappa shape index (κ1) is 28.1. The maximum atomic E-state index is 15.2. The second-order valence-corrected chi connectivity index (χ2v) is 10.7. The van der Waals surface area contributed by atoms with E-state index in [-0.39, 0.29) is 17.5 Å². The molecule has 0 bridgehead atoms. The Morgan fingerprint density at radius 2 is 1.78 bits per heavy atom. The molecule has 0 unspecified atom stereocenters. The Bertz CT molecular complexity index is 1570. The van der Waals surface area contributed by atoms with Crippen LogP contribution in [0.4, 0.5) is 31.8 Å². The van der Waals surface area contributed by atoms with Crippen LogP contribution in [0.2, 0.25) is 0 Å². The number of aliphatic hydroxyl groups is 1. The summed E-state index contributed by atoms with van der Waals surface area (Å²) in [5.74, 6) is -1.77. The lowest BCUT2D eigenvalue weighted by Gasteiger charge is -2.38. The van der Waals surface area contributed by atoms with Gasteiger partial charge in [0.1, 0.15) is 5.69 Å². The van der Waals surface area contributed by atoms with Crippen molar-refractivity contribution in [3.63, 3.8) is 0 Å². The summed E-state index contributed by atoms with van der Waals surface area (Å²) >= 11 is 0. The summed E-state index contributed by atoms with van der Waals surface area (Å²) in [6.07, 6.45) is 2.79. The van der Waals surface area contributed by atoms with Gasteiger partial charge in [-0.25, -0.2) is 18.7 Å². The summed E-state index contributed by atoms with van der Waals surface area (Å²) in [6.45, 7) is 10.1. The van der Waals surface area contributed by atoms with Gasteiger partial charge in [0, 0.05) is 61.2 Å². The number of carbonyl (C=O) groups excluding carboxylic acids is 1. The van der Waals surface area contributed by atoms with Crippen molar-refractivity contribution >= 4 is 39.8 Å². The van der Waals surface area contributed by atoms with E-state index >= 15 is 8.78 Å². The highest BCUT2D eigenvalue weighted by molar-refractivity contribution is 6.00. The standard InChI is InChI=1S/C31H32F2N6O2/c1-4-27(40)35-22-9-5-7-20(15-22)24-10-6-8-21-18-34-30(36-28(21)24)37-29-25(32)16-23(17-26(29)33)39-13-11-38(12-14-39)19-31(2,3)41/h4-10,15-18,41H,1,11-14,19H2,2-3H3,(H,35,40)(H,34,36,37). The number of nitrogens with zero attached hydrogens (tertiary/aromatic N) is 4. The van der Waals surface area contributed by atoms with Crippen molar-refractivity contribution in [2.45, 2.75) is 19.4 Å². The van der Waals surface area contributed by atoms with E-state index in [4.69, 9.17) is 0 Å². The van der Waals surface area contributed by atoms with Crippen molar-refractivity contribution in [2.75, 3.05) is 48.3 Å². The van der Waals surface area contributed by atoms with Crippen LogP contribution in [0, 0.1) is 11.6 Å². The third-order valence-corrected chi connectivity index (χ3v) is 6.85. The lowest BCUT2D eigenvalue weighted by Crippen LogP contribution is -2.50. The SMILES string of the molecule is C=CC(=O)Nc1cccc(-c2cccc3cnc(Nc4c(F)cc(N5CCN(CC(C)(C)O)CC5)cc4F)nc23)c1. The molecule has 0 radical (unpaired) electrons. The number of β-amino-alcohol motifs (C(OH)–C–C–N with tert-alkyl or cyclic N) is 1. The molecule has 0 saturated carbocycles. The fourth-order valence-corrected chi connectivity index (χ4v) is 4.99. The summed E-state index contributed by atoms with van der Waals surface area (Å²) in [5.41, 5.74) is 2.07. The van der Waals surface area contributed by atoms with Crippen LogP contribution in [0.25, 0.3) is 22.0 Å². The average molecular weight is 559 g/mol. The van der Waals surface area contributed by atoms with E-state index in [1.807, 2.05) is 41.3 Å². The van der Waals surface area contributed by atoms with E-state index in [1.165, 1.54) is 18.2 Å². The largest absolute Gasteiger partial charge is 0.389 e. The first-order valence-electron chi connectivity index (χ1n) is 13.3. The topological polar surface area (TPSA) is 93.6 Å². The van der Waals surface area contributed by atoms with Crippen LogP contribution >= 0.6 is 0 Å². The molecule has 5 rings (SSSR count). The van der Waals surface area contributed by atoms with Gasteiger partial charge in [0.2, 0.25) is 11.9 Å². The van der Waals surface area contributed by atoms with Gasteiger partial charge in [-0.05, 0) is 49.8 Å². The molecule has 1 aliphatic heterocycles. The molecule has 2 heterocycles. The Balaban J connectivity index is 1.37. The van der Waals surface area contributed by atoms with Gasteiger partial charge in [0.15, 0.2) is 11.6 Å². The molecule has 10 heteroatoms. The molecule has 3 N–H and O–H groups in total. The molecule has 0 spiro atoms. The van der Waals surface area contributed by atoms with Gasteiger partial charge >= 0.3 is 0 Å². The minimum Gasteiger partial charge on any atom is -0.389 e. The number of piperazine rings is 1. The smallest absolute Gasteiger partial charge is 0.247 e. The Labute approximate surface area is 237 Å². The highest BCUT2D eigenvalue weighted by atomic mass is 19.1. The number of rotatable bonds is 8. The van der Waals surface area contributed by atoms with Crippen LogP contribution in [0.1, 0.15) is 13.8 Å². The number of para-hydroxylation sites is 1. The molecule has 8 nitrogen and oxygen atoms in total. The Hall–Kier alpha value is -4.41. The van der Waals surface area contributed by atoms with Crippen LogP contribution < -0.4 is 15.5 Å². The molecule has 4 aromatic rings. The van der Waals surface area contributed by atoms with Gasteiger partial charge in [0.25, 0.3) is 0 Å². The van der Waals surface area contributed by atoms with Crippen molar-refractivity contribution in [1.82, 2.24) is 14.9 Å². The molecule has 0 atom stereocenters. The molecule has 1 fully saturated rings. The zero-order valence-electron chi connectivity index (χ0n) is 23.0. The first-order chi connectivity index (χ1) is 19.6. The Morgan fingerprint density at radius 3 is 2.46 bits per heavy atom. The molecule has 1 aliphatic rings. The molecule has 41 heavy (non-hydrogen) atoms. The third kappa shape index (κ3) is 6.67. The number of hydrogen-bond acceptors (Lipinski definition) is 7. The molecular weight excluding hydrogens is 526 g/mol. The molecule has 1 aromatic heterocycles. The van der Waals surface area contributed by atoms with E-state index in [9.17, 15) is 9.90 Å². The molecule has 1 amide bonds. The number of aromatic nitrogens is 2. The van der Waals surface area contributed by atoms with Crippen molar-refractivity contribution in [2.24, 2.45) is 0 Å². The summed E-state index contributed by atoms with van der Waals surface area (Å²) in [7, 11) is 0. The maximum absolute atomic E-state index is 15.2. The van der Waals surface area contributed by atoms with Crippen LogP contribution in [0.15, 0.2) is 73.4 Å². The molecule has 1 saturated heterocycles. The number of hydrogen-bond donors (Lipinski definition) is 3. The second kappa shape index (κ2) is 11.6. The van der Waals surface area contributed by atoms with Crippen LogP contribution in [-0.4, -0.2) is 64.2 Å². The number of halogens is 2. The average Bonchev–Trinajstić information content (AvgIpc) is 2.94. The number of anilines is 4. The molecule has 0 aliphatic carbocycles. The van der Waals surface area contributed by atoms with Gasteiger partial charge in [0.05, 0.1) is 11.1 Å². The Morgan fingerprint density at radius 1 is 1.07 bits per heavy atom. The van der Waals surface area contributed by atoms with Gasteiger partial charge in [-0.15, -0.1) is 0 Å². The minimum absolute atomic E-state index is 0.0480. The second-order valence-electron chi connectivity index (χ2n) is 10.7. The highest BCUT2D eigenvalue weighted by Gasteiger charge is 2.24. The van der Waals surface area contributed by atoms with Gasteiger partial charge in [-0.3, -0.25) is 9.69 Å². The van der Waals surface area contributed by atoms with E-state index in [2.05, 4.69) is 32.1 Å². The van der Waals surface area contributed by atoms with Gasteiger partial charge < -0.3 is 20.6 Å². The zero-order chi connectivity index (χ0) is 29.1. The first-order valence-corrected chi connectivity index (χ1v) is 13.3. The van der Waals surface area contributed by atoms with E-state index in [0.29, 0.717) is 49.6 Å². The third-order valence-electron chi connectivity index (χ3n) is 6.85. The summed E-state index contributed by atoms with van der Waals surface area (Å²) in [4.78, 5) is 24.7. The maximum Gasteiger partial charge on any atom is 0.247 e. The summed E-state index contributed by atoms with van der Waals surface area (Å²) < 4.78 is 30.4. The lowest BCUT2D eigenvalue weighted by molar-refractivity contribution is -0.111. The van der Waals surface area contributed by atoms with Crippen LogP contribution in [-0.2, 0) is 4.79 Å². The fraction of sp³-hybridized carbons (Fsp3) is 0.258. The molecular formula is C31H32F2N6O2.